The number of hydrogen-bond donors (Lipinski definition) is 1. The number of imidazole rings is 1. The average Bonchev–Trinajstić information content (AvgIpc) is 2.84. The van der Waals surface area contributed by atoms with Crippen LogP contribution in [0.5, 0.6) is 0 Å². The van der Waals surface area contributed by atoms with Crippen molar-refractivity contribution in [3.05, 3.63) is 47.0 Å². The van der Waals surface area contributed by atoms with Gasteiger partial charge in [0.1, 0.15) is 0 Å². The van der Waals surface area contributed by atoms with Crippen molar-refractivity contribution in [2.24, 2.45) is 0 Å². The Labute approximate surface area is 114 Å². The molecule has 1 aromatic carbocycles. The van der Waals surface area contributed by atoms with Crippen LogP contribution in [-0.2, 0) is 6.54 Å². The second kappa shape index (κ2) is 5.69. The van der Waals surface area contributed by atoms with Crippen LogP contribution >= 0.6 is 15.9 Å². The zero-order valence-corrected chi connectivity index (χ0v) is 11.6. The molecule has 4 nitrogen and oxygen atoms in total. The van der Waals surface area contributed by atoms with E-state index in [1.165, 1.54) is 0 Å². The van der Waals surface area contributed by atoms with Gasteiger partial charge in [-0.1, -0.05) is 22.0 Å². The zero-order valence-electron chi connectivity index (χ0n) is 9.97. The molecule has 0 aliphatic heterocycles. The van der Waals surface area contributed by atoms with E-state index in [0.29, 0.717) is 0 Å². The lowest BCUT2D eigenvalue weighted by Gasteiger charge is -2.14. The second-order valence-electron chi connectivity index (χ2n) is 3.82. The molecule has 1 aromatic heterocycles. The van der Waals surface area contributed by atoms with Crippen LogP contribution in [0, 0.1) is 11.3 Å². The number of halogens is 1. The smallest absolute Gasteiger partial charge is 0.156 e. The first-order valence-electron chi connectivity index (χ1n) is 5.66. The number of anilines is 1. The standard InChI is InChI=1S/C13H13BrN4/c1-2-18-9-16-8-13(18)12(7-15)17-11-5-3-4-10(14)6-11/h3-6,8-9,12,17H,2H2,1H3. The minimum absolute atomic E-state index is 0.401. The van der Waals surface area contributed by atoms with E-state index in [4.69, 9.17) is 0 Å². The first kappa shape index (κ1) is 12.7. The van der Waals surface area contributed by atoms with Gasteiger partial charge in [0.15, 0.2) is 6.04 Å². The highest BCUT2D eigenvalue weighted by molar-refractivity contribution is 9.10. The number of aryl methyl sites for hydroxylation is 1. The molecular formula is C13H13BrN4. The fourth-order valence-electron chi connectivity index (χ4n) is 1.75. The fraction of sp³-hybridized carbons (Fsp3) is 0.231. The van der Waals surface area contributed by atoms with Gasteiger partial charge in [0.2, 0.25) is 0 Å². The first-order valence-corrected chi connectivity index (χ1v) is 6.45. The van der Waals surface area contributed by atoms with E-state index in [0.717, 1.165) is 22.4 Å². The Morgan fingerprint density at radius 3 is 3.06 bits per heavy atom. The highest BCUT2D eigenvalue weighted by atomic mass is 79.9. The van der Waals surface area contributed by atoms with E-state index in [-0.39, 0.29) is 0 Å². The molecule has 0 radical (unpaired) electrons. The third-order valence-electron chi connectivity index (χ3n) is 2.65. The number of nitrogens with zero attached hydrogens (tertiary/aromatic N) is 3. The topological polar surface area (TPSA) is 53.6 Å². The Kier molecular flexibility index (Phi) is 4.00. The van der Waals surface area contributed by atoms with Crippen LogP contribution in [0.3, 0.4) is 0 Å². The Morgan fingerprint density at radius 2 is 2.39 bits per heavy atom. The Balaban J connectivity index is 2.23. The Morgan fingerprint density at radius 1 is 1.56 bits per heavy atom. The maximum Gasteiger partial charge on any atom is 0.156 e. The molecule has 0 aliphatic carbocycles. The van der Waals surface area contributed by atoms with Gasteiger partial charge in [-0.25, -0.2) is 4.98 Å². The highest BCUT2D eigenvalue weighted by Crippen LogP contribution is 2.21. The number of rotatable bonds is 4. The van der Waals surface area contributed by atoms with Crippen molar-refractivity contribution in [1.29, 1.82) is 5.26 Å². The van der Waals surface area contributed by atoms with E-state index < -0.39 is 6.04 Å². The van der Waals surface area contributed by atoms with E-state index in [1.54, 1.807) is 12.5 Å². The number of aromatic nitrogens is 2. The summed E-state index contributed by atoms with van der Waals surface area (Å²) in [6, 6.07) is 9.61. The average molecular weight is 305 g/mol. The third-order valence-corrected chi connectivity index (χ3v) is 3.14. The van der Waals surface area contributed by atoms with Gasteiger partial charge in [-0.3, -0.25) is 0 Å². The molecule has 0 fully saturated rings. The van der Waals surface area contributed by atoms with Crippen LogP contribution in [0.2, 0.25) is 0 Å². The molecule has 0 saturated heterocycles. The molecule has 18 heavy (non-hydrogen) atoms. The fourth-order valence-corrected chi connectivity index (χ4v) is 2.15. The molecule has 0 amide bonds. The maximum absolute atomic E-state index is 9.28. The van der Waals surface area contributed by atoms with Gasteiger partial charge in [0, 0.05) is 16.7 Å². The van der Waals surface area contributed by atoms with Gasteiger partial charge in [-0.05, 0) is 25.1 Å². The summed E-state index contributed by atoms with van der Waals surface area (Å²) in [5, 5.41) is 12.5. The van der Waals surface area contributed by atoms with Gasteiger partial charge in [-0.2, -0.15) is 5.26 Å². The summed E-state index contributed by atoms with van der Waals surface area (Å²) in [6.07, 6.45) is 3.46. The van der Waals surface area contributed by atoms with Crippen LogP contribution in [0.25, 0.3) is 0 Å². The lowest BCUT2D eigenvalue weighted by Crippen LogP contribution is -2.13. The molecule has 1 unspecified atom stereocenters. The minimum atomic E-state index is -0.401. The van der Waals surface area contributed by atoms with Crippen LogP contribution in [0.1, 0.15) is 18.7 Å². The molecule has 0 bridgehead atoms. The molecule has 0 spiro atoms. The van der Waals surface area contributed by atoms with Crippen LogP contribution < -0.4 is 5.32 Å². The van der Waals surface area contributed by atoms with E-state index in [9.17, 15) is 5.26 Å². The molecule has 92 valence electrons. The number of hydrogen-bond acceptors (Lipinski definition) is 3. The normalized spacial score (nSPS) is 11.8. The quantitative estimate of drug-likeness (QED) is 0.942. The summed E-state index contributed by atoms with van der Waals surface area (Å²) in [4.78, 5) is 4.08. The predicted molar refractivity (Wildman–Crippen MR) is 74.0 cm³/mol. The minimum Gasteiger partial charge on any atom is -0.365 e. The molecule has 2 aromatic rings. The third kappa shape index (κ3) is 2.71. The van der Waals surface area contributed by atoms with Crippen molar-refractivity contribution in [1.82, 2.24) is 9.55 Å². The maximum atomic E-state index is 9.28. The zero-order chi connectivity index (χ0) is 13.0. The van der Waals surface area contributed by atoms with E-state index >= 15 is 0 Å². The highest BCUT2D eigenvalue weighted by Gasteiger charge is 2.14. The Hall–Kier alpha value is -1.80. The number of nitrogens with one attached hydrogen (secondary N) is 1. The summed E-state index contributed by atoms with van der Waals surface area (Å²) in [7, 11) is 0. The van der Waals surface area contributed by atoms with Gasteiger partial charge in [-0.15, -0.1) is 0 Å². The molecule has 0 aliphatic rings. The lowest BCUT2D eigenvalue weighted by molar-refractivity contribution is 0.701. The van der Waals surface area contributed by atoms with Crippen molar-refractivity contribution in [3.63, 3.8) is 0 Å². The van der Waals surface area contributed by atoms with Crippen LogP contribution in [0.4, 0.5) is 5.69 Å². The van der Waals surface area contributed by atoms with Crippen LogP contribution in [-0.4, -0.2) is 9.55 Å². The van der Waals surface area contributed by atoms with Gasteiger partial charge < -0.3 is 9.88 Å². The molecular weight excluding hydrogens is 292 g/mol. The van der Waals surface area contributed by atoms with Crippen molar-refractivity contribution < 1.29 is 0 Å². The van der Waals surface area contributed by atoms with Gasteiger partial charge >= 0.3 is 0 Å². The molecule has 1 heterocycles. The van der Waals surface area contributed by atoms with Crippen molar-refractivity contribution in [2.75, 3.05) is 5.32 Å². The SMILES string of the molecule is CCn1cncc1C(C#N)Nc1cccc(Br)c1. The summed E-state index contributed by atoms with van der Waals surface area (Å²) in [6.45, 7) is 2.83. The monoisotopic (exact) mass is 304 g/mol. The summed E-state index contributed by atoms with van der Waals surface area (Å²) >= 11 is 3.41. The van der Waals surface area contributed by atoms with Crippen molar-refractivity contribution >= 4 is 21.6 Å². The van der Waals surface area contributed by atoms with Crippen molar-refractivity contribution in [2.45, 2.75) is 19.5 Å². The summed E-state index contributed by atoms with van der Waals surface area (Å²) < 4.78 is 2.94. The van der Waals surface area contributed by atoms with E-state index in [2.05, 4.69) is 32.3 Å². The van der Waals surface area contributed by atoms with Crippen LogP contribution in [0.15, 0.2) is 41.3 Å². The molecule has 1 atom stereocenters. The Bertz CT molecular complexity index is 570. The molecule has 2 rings (SSSR count). The van der Waals surface area contributed by atoms with E-state index in [1.807, 2.05) is 35.8 Å². The number of nitriles is 1. The second-order valence-corrected chi connectivity index (χ2v) is 4.74. The number of benzene rings is 1. The summed E-state index contributed by atoms with van der Waals surface area (Å²) in [5.74, 6) is 0. The van der Waals surface area contributed by atoms with Crippen molar-refractivity contribution in [3.8, 4) is 6.07 Å². The first-order chi connectivity index (χ1) is 8.74. The lowest BCUT2D eigenvalue weighted by atomic mass is 10.2. The predicted octanol–water partition coefficient (Wildman–Crippen LogP) is 3.34. The molecule has 0 saturated carbocycles. The summed E-state index contributed by atoms with van der Waals surface area (Å²) in [5.41, 5.74) is 1.78. The largest absolute Gasteiger partial charge is 0.365 e. The molecule has 1 N–H and O–H groups in total. The molecule has 5 heteroatoms. The van der Waals surface area contributed by atoms with Gasteiger partial charge in [0.05, 0.1) is 24.3 Å². The van der Waals surface area contributed by atoms with Gasteiger partial charge in [0.25, 0.3) is 0 Å².